The summed E-state index contributed by atoms with van der Waals surface area (Å²) in [4.78, 5) is 11.1. The molecule has 6 heteroatoms. The van der Waals surface area contributed by atoms with E-state index in [0.29, 0.717) is 6.61 Å². The maximum Gasteiger partial charge on any atom is 0.339 e. The van der Waals surface area contributed by atoms with Gasteiger partial charge in [-0.2, -0.15) is 0 Å². The Labute approximate surface area is 138 Å². The number of aromatic hydroxyl groups is 1. The van der Waals surface area contributed by atoms with Crippen LogP contribution in [0.4, 0.5) is 5.69 Å². The van der Waals surface area contributed by atoms with E-state index in [9.17, 15) is 9.90 Å². The Morgan fingerprint density at radius 3 is 2.83 bits per heavy atom. The van der Waals surface area contributed by atoms with Gasteiger partial charge in [0.15, 0.2) is 0 Å². The highest BCUT2D eigenvalue weighted by Gasteiger charge is 2.20. The quantitative estimate of drug-likeness (QED) is 0.491. The van der Waals surface area contributed by atoms with Crippen LogP contribution in [-0.4, -0.2) is 28.5 Å². The van der Waals surface area contributed by atoms with E-state index in [-0.39, 0.29) is 22.5 Å². The van der Waals surface area contributed by atoms with Crippen LogP contribution in [0.3, 0.4) is 0 Å². The Morgan fingerprint density at radius 2 is 2.08 bits per heavy atom. The third-order valence-corrected chi connectivity index (χ3v) is 3.90. The van der Waals surface area contributed by atoms with Crippen molar-refractivity contribution in [3.63, 3.8) is 0 Å². The van der Waals surface area contributed by atoms with Gasteiger partial charge in [0.05, 0.1) is 6.61 Å². The average molecular weight is 325 g/mol. The molecule has 0 aliphatic carbocycles. The largest absolute Gasteiger partial charge is 0.506 e. The van der Waals surface area contributed by atoms with Crippen molar-refractivity contribution in [2.45, 2.75) is 6.42 Å². The summed E-state index contributed by atoms with van der Waals surface area (Å²) in [7, 11) is 0. The van der Waals surface area contributed by atoms with E-state index in [4.69, 9.17) is 21.0 Å². The zero-order valence-corrected chi connectivity index (χ0v) is 12.8. The molecule has 0 saturated heterocycles. The molecule has 24 heavy (non-hydrogen) atoms. The zero-order chi connectivity index (χ0) is 17.3. The number of fused-ring (bicyclic) bond motifs is 1. The highest BCUT2D eigenvalue weighted by atomic mass is 16.5. The molecule has 0 unspecified atom stereocenters. The first-order chi connectivity index (χ1) is 11.5. The lowest BCUT2D eigenvalue weighted by molar-refractivity contribution is -0.110. The van der Waals surface area contributed by atoms with Crippen LogP contribution in [0.5, 0.6) is 11.5 Å². The van der Waals surface area contributed by atoms with Gasteiger partial charge in [0.25, 0.3) is 0 Å². The van der Waals surface area contributed by atoms with Crippen LogP contribution >= 0.6 is 0 Å². The number of hydrogen-bond acceptors (Lipinski definition) is 4. The van der Waals surface area contributed by atoms with Gasteiger partial charge < -0.3 is 20.7 Å². The summed E-state index contributed by atoms with van der Waals surface area (Å²) >= 11 is 0. The van der Waals surface area contributed by atoms with Crippen LogP contribution in [0.2, 0.25) is 0 Å². The minimum absolute atomic E-state index is 0.121. The van der Waals surface area contributed by atoms with Gasteiger partial charge in [-0.15, -0.1) is 0 Å². The molecule has 1 heterocycles. The third-order valence-electron chi connectivity index (χ3n) is 3.90. The number of phenols is 1. The topological polar surface area (TPSA) is 118 Å². The fourth-order valence-electron chi connectivity index (χ4n) is 2.66. The Hall–Kier alpha value is -3.28. The molecule has 1 aliphatic rings. The van der Waals surface area contributed by atoms with Gasteiger partial charge in [-0.3, -0.25) is 5.41 Å². The van der Waals surface area contributed by atoms with Crippen molar-refractivity contribution in [1.82, 2.24) is 0 Å². The van der Waals surface area contributed by atoms with Crippen molar-refractivity contribution in [1.29, 1.82) is 0 Å². The number of rotatable bonds is 4. The lowest BCUT2D eigenvalue weighted by atomic mass is 10.0. The van der Waals surface area contributed by atoms with Gasteiger partial charge >= 0.3 is 5.97 Å². The SMILES string of the molecule is Nc1ccc(C(=O)O)c(O)c1C(=[NH2+])/C=C/c1ccc2c(c1)CCO2. The number of carboxylic acids is 1. The van der Waals surface area contributed by atoms with Crippen molar-refractivity contribution in [2.75, 3.05) is 12.3 Å². The smallest absolute Gasteiger partial charge is 0.339 e. The van der Waals surface area contributed by atoms with E-state index in [1.54, 1.807) is 12.2 Å². The van der Waals surface area contributed by atoms with Crippen molar-refractivity contribution in [3.8, 4) is 11.5 Å². The van der Waals surface area contributed by atoms with Crippen molar-refractivity contribution >= 4 is 23.4 Å². The number of carboxylic acid groups (broad SMARTS) is 1. The van der Waals surface area contributed by atoms with Crippen LogP contribution in [0.15, 0.2) is 36.4 Å². The van der Waals surface area contributed by atoms with Crippen molar-refractivity contribution in [2.24, 2.45) is 0 Å². The highest BCUT2D eigenvalue weighted by molar-refractivity contribution is 6.13. The molecule has 1 aliphatic heterocycles. The fourth-order valence-corrected chi connectivity index (χ4v) is 2.66. The van der Waals surface area contributed by atoms with E-state index in [1.807, 2.05) is 18.2 Å². The number of allylic oxidation sites excluding steroid dienone is 1. The molecular weight excluding hydrogens is 308 g/mol. The second kappa shape index (κ2) is 6.08. The van der Waals surface area contributed by atoms with Crippen LogP contribution in [0.1, 0.15) is 27.0 Å². The maximum atomic E-state index is 11.1. The monoisotopic (exact) mass is 325 g/mol. The number of hydrogen-bond donors (Lipinski definition) is 4. The molecule has 2 aromatic carbocycles. The predicted molar refractivity (Wildman–Crippen MR) is 90.2 cm³/mol. The molecule has 0 fully saturated rings. The summed E-state index contributed by atoms with van der Waals surface area (Å²) < 4.78 is 5.46. The number of anilines is 1. The van der Waals surface area contributed by atoms with E-state index in [1.165, 1.54) is 12.1 Å². The van der Waals surface area contributed by atoms with Crippen molar-refractivity contribution < 1.29 is 25.2 Å². The predicted octanol–water partition coefficient (Wildman–Crippen LogP) is 0.869. The van der Waals surface area contributed by atoms with Gasteiger partial charge in [0.2, 0.25) is 5.71 Å². The van der Waals surface area contributed by atoms with E-state index in [0.717, 1.165) is 23.3 Å². The lowest BCUT2D eigenvalue weighted by Crippen LogP contribution is -2.39. The van der Waals surface area contributed by atoms with Crippen LogP contribution in [0, 0.1) is 0 Å². The van der Waals surface area contributed by atoms with Gasteiger partial charge in [-0.25, -0.2) is 4.79 Å². The van der Waals surface area contributed by atoms with E-state index < -0.39 is 11.7 Å². The first-order valence-corrected chi connectivity index (χ1v) is 7.38. The standard InChI is InChI=1S/C18H16N2O4/c19-13(16-14(20)5-3-12(17(16)21)18(22)23)4-1-10-2-6-15-11(9-10)7-8-24-15/h1-6,9,19,21H,7-8,20H2,(H,22,23)/p+1/b4-1+,19-13?. The molecule has 6 N–H and O–H groups in total. The maximum absolute atomic E-state index is 11.1. The minimum Gasteiger partial charge on any atom is -0.506 e. The molecule has 2 aromatic rings. The first-order valence-electron chi connectivity index (χ1n) is 7.38. The molecular formula is C18H17N2O4+. The molecule has 0 spiro atoms. The summed E-state index contributed by atoms with van der Waals surface area (Å²) in [6.07, 6.45) is 4.24. The molecule has 6 nitrogen and oxygen atoms in total. The number of aromatic carboxylic acids is 1. The van der Waals surface area contributed by atoms with Crippen LogP contribution in [-0.2, 0) is 6.42 Å². The van der Waals surface area contributed by atoms with E-state index in [2.05, 4.69) is 0 Å². The van der Waals surface area contributed by atoms with Crippen molar-refractivity contribution in [3.05, 3.63) is 58.7 Å². The summed E-state index contributed by atoms with van der Waals surface area (Å²) in [5.41, 5.74) is 8.16. The summed E-state index contributed by atoms with van der Waals surface area (Å²) in [6, 6.07) is 8.45. The molecule has 3 rings (SSSR count). The Kier molecular flexibility index (Phi) is 3.95. The van der Waals surface area contributed by atoms with Gasteiger partial charge in [0.1, 0.15) is 22.6 Å². The number of benzene rings is 2. The molecule has 0 radical (unpaired) electrons. The minimum atomic E-state index is -1.25. The van der Waals surface area contributed by atoms with E-state index >= 15 is 0 Å². The molecule has 0 atom stereocenters. The van der Waals surface area contributed by atoms with Crippen LogP contribution < -0.4 is 15.9 Å². The number of carbonyl (C=O) groups is 1. The van der Waals surface area contributed by atoms with Gasteiger partial charge in [-0.1, -0.05) is 6.07 Å². The summed E-state index contributed by atoms with van der Waals surface area (Å²) in [5.74, 6) is -0.795. The van der Waals surface area contributed by atoms with Gasteiger partial charge in [0, 0.05) is 18.2 Å². The fraction of sp³-hybridized carbons (Fsp3) is 0.111. The molecule has 0 bridgehead atoms. The number of nitrogen functional groups attached to an aromatic ring is 1. The number of ether oxygens (including phenoxy) is 1. The molecule has 0 saturated carbocycles. The summed E-state index contributed by atoms with van der Waals surface area (Å²) in [6.45, 7) is 0.684. The number of nitrogens with two attached hydrogens (primary N) is 2. The second-order valence-electron chi connectivity index (χ2n) is 5.49. The first kappa shape index (κ1) is 15.6. The lowest BCUT2D eigenvalue weighted by Gasteiger charge is -2.07. The normalized spacial score (nSPS) is 12.8. The Balaban J connectivity index is 1.90. The Bertz CT molecular complexity index is 872. The zero-order valence-electron chi connectivity index (χ0n) is 12.8. The van der Waals surface area contributed by atoms with Gasteiger partial charge in [-0.05, 0) is 41.5 Å². The molecule has 0 aromatic heterocycles. The third kappa shape index (κ3) is 2.81. The van der Waals surface area contributed by atoms with Crippen LogP contribution in [0.25, 0.3) is 6.08 Å². The second-order valence-corrected chi connectivity index (χ2v) is 5.49. The molecule has 0 amide bonds. The summed E-state index contributed by atoms with van der Waals surface area (Å²) in [5, 5.41) is 25.2. The Morgan fingerprint density at radius 1 is 1.29 bits per heavy atom. The highest BCUT2D eigenvalue weighted by Crippen LogP contribution is 2.29. The molecule has 122 valence electrons. The average Bonchev–Trinajstić information content (AvgIpc) is 3.00.